The zero-order valence-electron chi connectivity index (χ0n) is 11.9. The molecule has 1 aliphatic heterocycles. The van der Waals surface area contributed by atoms with Crippen molar-refractivity contribution < 1.29 is 22.7 Å². The van der Waals surface area contributed by atoms with Crippen LogP contribution in [0.3, 0.4) is 0 Å². The van der Waals surface area contributed by atoms with Gasteiger partial charge in [0.1, 0.15) is 0 Å². The number of carbonyl (C=O) groups excluding carboxylic acids is 1. The summed E-state index contributed by atoms with van der Waals surface area (Å²) in [5, 5.41) is 0. The van der Waals surface area contributed by atoms with E-state index in [9.17, 15) is 13.2 Å². The van der Waals surface area contributed by atoms with Crippen molar-refractivity contribution in [3.05, 3.63) is 11.2 Å². The summed E-state index contributed by atoms with van der Waals surface area (Å²) < 4.78 is 36.6. The SMILES string of the molecule is CCOC1CCN(S(=O)(=O)c2scnc2C(=O)OC)CC1. The highest BCUT2D eigenvalue weighted by Crippen LogP contribution is 2.27. The first-order chi connectivity index (χ1) is 10.0. The molecule has 2 heterocycles. The minimum atomic E-state index is -3.71. The molecule has 21 heavy (non-hydrogen) atoms. The van der Waals surface area contributed by atoms with E-state index in [1.165, 1.54) is 16.9 Å². The summed E-state index contributed by atoms with van der Waals surface area (Å²) in [4.78, 5) is 15.4. The maximum Gasteiger partial charge on any atom is 0.358 e. The Morgan fingerprint density at radius 2 is 2.14 bits per heavy atom. The van der Waals surface area contributed by atoms with Crippen LogP contribution in [0.5, 0.6) is 0 Å². The van der Waals surface area contributed by atoms with Crippen LogP contribution < -0.4 is 0 Å². The highest BCUT2D eigenvalue weighted by molar-refractivity contribution is 7.91. The summed E-state index contributed by atoms with van der Waals surface area (Å²) in [6.07, 6.45) is 1.40. The van der Waals surface area contributed by atoms with Gasteiger partial charge in [0.2, 0.25) is 0 Å². The predicted molar refractivity (Wildman–Crippen MR) is 76.9 cm³/mol. The van der Waals surface area contributed by atoms with Gasteiger partial charge in [-0.25, -0.2) is 18.2 Å². The van der Waals surface area contributed by atoms with E-state index in [1.54, 1.807) is 0 Å². The van der Waals surface area contributed by atoms with Crippen LogP contribution in [0.1, 0.15) is 30.3 Å². The number of piperidine rings is 1. The molecule has 2 rings (SSSR count). The number of sulfonamides is 1. The second kappa shape index (κ2) is 6.82. The van der Waals surface area contributed by atoms with Crippen molar-refractivity contribution in [1.82, 2.24) is 9.29 Å². The molecule has 0 radical (unpaired) electrons. The standard InChI is InChI=1S/C12H18N2O5S2/c1-3-19-9-4-6-14(7-5-9)21(16,17)12-10(11(15)18-2)13-8-20-12/h8-9H,3-7H2,1-2H3. The Morgan fingerprint density at radius 3 is 2.71 bits per heavy atom. The monoisotopic (exact) mass is 334 g/mol. The second-order valence-corrected chi connectivity index (χ2v) is 7.53. The molecule has 0 spiro atoms. The molecule has 118 valence electrons. The average Bonchev–Trinajstić information content (AvgIpc) is 2.97. The molecule has 0 bridgehead atoms. The number of methoxy groups -OCH3 is 1. The first kappa shape index (κ1) is 16.3. The summed E-state index contributed by atoms with van der Waals surface area (Å²) in [6.45, 7) is 3.30. The van der Waals surface area contributed by atoms with E-state index >= 15 is 0 Å². The summed E-state index contributed by atoms with van der Waals surface area (Å²) in [7, 11) is -2.51. The Hall–Kier alpha value is -1.03. The fraction of sp³-hybridized carbons (Fsp3) is 0.667. The molecular formula is C12H18N2O5S2. The van der Waals surface area contributed by atoms with Gasteiger partial charge in [0.05, 0.1) is 18.7 Å². The first-order valence-electron chi connectivity index (χ1n) is 6.64. The quantitative estimate of drug-likeness (QED) is 0.750. The molecule has 1 saturated heterocycles. The first-order valence-corrected chi connectivity index (χ1v) is 8.96. The number of thiazole rings is 1. The van der Waals surface area contributed by atoms with Gasteiger partial charge in [-0.2, -0.15) is 4.31 Å². The molecule has 0 unspecified atom stereocenters. The Balaban J connectivity index is 2.16. The second-order valence-electron chi connectivity index (χ2n) is 4.54. The van der Waals surface area contributed by atoms with Crippen molar-refractivity contribution in [2.75, 3.05) is 26.8 Å². The molecule has 0 saturated carbocycles. The third-order valence-electron chi connectivity index (χ3n) is 3.29. The van der Waals surface area contributed by atoms with Crippen LogP contribution in [0.2, 0.25) is 0 Å². The minimum Gasteiger partial charge on any atom is -0.464 e. The number of rotatable bonds is 5. The Morgan fingerprint density at radius 1 is 1.48 bits per heavy atom. The van der Waals surface area contributed by atoms with E-state index in [0.717, 1.165) is 11.3 Å². The van der Waals surface area contributed by atoms with Crippen LogP contribution in [0, 0.1) is 0 Å². The van der Waals surface area contributed by atoms with Gasteiger partial charge < -0.3 is 9.47 Å². The summed E-state index contributed by atoms with van der Waals surface area (Å²) in [6, 6.07) is 0. The van der Waals surface area contributed by atoms with Crippen molar-refractivity contribution in [2.45, 2.75) is 30.1 Å². The molecule has 1 aliphatic rings. The lowest BCUT2D eigenvalue weighted by Crippen LogP contribution is -2.41. The van der Waals surface area contributed by atoms with Crippen molar-refractivity contribution in [1.29, 1.82) is 0 Å². The number of hydrogen-bond acceptors (Lipinski definition) is 7. The predicted octanol–water partition coefficient (Wildman–Crippen LogP) is 1.12. The van der Waals surface area contributed by atoms with E-state index < -0.39 is 16.0 Å². The van der Waals surface area contributed by atoms with Gasteiger partial charge in [-0.15, -0.1) is 11.3 Å². The maximum atomic E-state index is 12.6. The molecule has 1 aromatic heterocycles. The Bertz CT molecular complexity index is 591. The molecule has 1 aromatic rings. The number of esters is 1. The Kier molecular flexibility index (Phi) is 5.31. The lowest BCUT2D eigenvalue weighted by molar-refractivity contribution is 0.0290. The largest absolute Gasteiger partial charge is 0.464 e. The molecule has 0 aromatic carbocycles. The van der Waals surface area contributed by atoms with Gasteiger partial charge in [0.25, 0.3) is 10.0 Å². The van der Waals surface area contributed by atoms with E-state index in [1.807, 2.05) is 6.92 Å². The summed E-state index contributed by atoms with van der Waals surface area (Å²) in [5.41, 5.74) is 1.20. The van der Waals surface area contributed by atoms with E-state index in [4.69, 9.17) is 4.74 Å². The highest BCUT2D eigenvalue weighted by Gasteiger charge is 2.34. The van der Waals surface area contributed by atoms with Crippen molar-refractivity contribution in [3.8, 4) is 0 Å². The molecular weight excluding hydrogens is 316 g/mol. The van der Waals surface area contributed by atoms with Gasteiger partial charge in [0, 0.05) is 19.7 Å². The molecule has 7 nitrogen and oxygen atoms in total. The molecule has 0 N–H and O–H groups in total. The number of aromatic nitrogens is 1. The number of carbonyl (C=O) groups is 1. The van der Waals surface area contributed by atoms with E-state index in [-0.39, 0.29) is 16.0 Å². The van der Waals surface area contributed by atoms with Crippen LogP contribution in [0.4, 0.5) is 0 Å². The number of hydrogen-bond donors (Lipinski definition) is 0. The van der Waals surface area contributed by atoms with Crippen molar-refractivity contribution >= 4 is 27.3 Å². The minimum absolute atomic E-state index is 0.0517. The van der Waals surface area contributed by atoms with Crippen molar-refractivity contribution in [3.63, 3.8) is 0 Å². The summed E-state index contributed by atoms with van der Waals surface area (Å²) >= 11 is 0.932. The zero-order valence-corrected chi connectivity index (χ0v) is 13.6. The molecule has 1 fully saturated rings. The normalized spacial score (nSPS) is 17.8. The van der Waals surface area contributed by atoms with Crippen molar-refractivity contribution in [2.24, 2.45) is 0 Å². The van der Waals surface area contributed by atoms with Gasteiger partial charge >= 0.3 is 5.97 Å². The van der Waals surface area contributed by atoms with E-state index in [0.29, 0.717) is 32.5 Å². The fourth-order valence-electron chi connectivity index (χ4n) is 2.24. The summed E-state index contributed by atoms with van der Waals surface area (Å²) in [5.74, 6) is -0.737. The molecule has 0 aliphatic carbocycles. The van der Waals surface area contributed by atoms with Gasteiger partial charge in [-0.05, 0) is 19.8 Å². The third kappa shape index (κ3) is 3.42. The van der Waals surface area contributed by atoms with Gasteiger partial charge in [-0.3, -0.25) is 0 Å². The van der Waals surface area contributed by atoms with Gasteiger partial charge in [0.15, 0.2) is 9.90 Å². The smallest absolute Gasteiger partial charge is 0.358 e. The third-order valence-corrected chi connectivity index (χ3v) is 6.54. The number of ether oxygens (including phenoxy) is 2. The highest BCUT2D eigenvalue weighted by atomic mass is 32.2. The van der Waals surface area contributed by atoms with Crippen LogP contribution in [0.25, 0.3) is 0 Å². The topological polar surface area (TPSA) is 85.8 Å². The lowest BCUT2D eigenvalue weighted by Gasteiger charge is -2.30. The molecule has 0 amide bonds. The molecule has 9 heteroatoms. The van der Waals surface area contributed by atoms with Crippen LogP contribution in [-0.2, 0) is 19.5 Å². The van der Waals surface area contributed by atoms with Gasteiger partial charge in [-0.1, -0.05) is 0 Å². The zero-order chi connectivity index (χ0) is 15.5. The van der Waals surface area contributed by atoms with Crippen LogP contribution in [0.15, 0.2) is 9.72 Å². The average molecular weight is 334 g/mol. The fourth-order valence-corrected chi connectivity index (χ4v) is 4.98. The lowest BCUT2D eigenvalue weighted by atomic mass is 10.1. The van der Waals surface area contributed by atoms with Crippen LogP contribution >= 0.6 is 11.3 Å². The van der Waals surface area contributed by atoms with Crippen LogP contribution in [-0.4, -0.2) is 56.6 Å². The Labute approximate surface area is 127 Å². The molecule has 0 atom stereocenters. The number of nitrogens with zero attached hydrogens (tertiary/aromatic N) is 2. The van der Waals surface area contributed by atoms with E-state index in [2.05, 4.69) is 9.72 Å². The maximum absolute atomic E-state index is 12.6.